The molecule has 0 aliphatic carbocycles. The maximum atomic E-state index is 12.4. The van der Waals surface area contributed by atoms with E-state index in [9.17, 15) is 4.79 Å². The quantitative estimate of drug-likeness (QED) is 0.695. The van der Waals surface area contributed by atoms with Crippen molar-refractivity contribution in [1.29, 1.82) is 0 Å². The van der Waals surface area contributed by atoms with Gasteiger partial charge in [0, 0.05) is 5.56 Å². The number of ketones is 1. The molecule has 3 rings (SSSR count). The number of halogens is 1. The molecule has 0 aliphatic rings. The van der Waals surface area contributed by atoms with Crippen LogP contribution in [0, 0.1) is 0 Å². The Labute approximate surface area is 119 Å². The van der Waals surface area contributed by atoms with Crippen molar-refractivity contribution in [2.24, 2.45) is 0 Å². The highest BCUT2D eigenvalue weighted by molar-refractivity contribution is 6.29. The Balaban J connectivity index is 2.05. The number of carbonyl (C=O) groups is 1. The van der Waals surface area contributed by atoms with Gasteiger partial charge in [0.05, 0.1) is 13.3 Å². The van der Waals surface area contributed by atoms with Crippen molar-refractivity contribution in [2.75, 3.05) is 7.11 Å². The van der Waals surface area contributed by atoms with Crippen LogP contribution >= 0.6 is 11.6 Å². The lowest BCUT2D eigenvalue weighted by Crippen LogP contribution is -2.07. The number of methoxy groups -OCH3 is 1. The Morgan fingerprint density at radius 1 is 1.20 bits per heavy atom. The maximum Gasteiger partial charge on any atom is 0.213 e. The van der Waals surface area contributed by atoms with E-state index in [0.29, 0.717) is 27.8 Å². The molecule has 0 fully saturated rings. The topological polar surface area (TPSA) is 56.5 Å². The van der Waals surface area contributed by atoms with Crippen molar-refractivity contribution in [3.8, 4) is 5.75 Å². The fraction of sp³-hybridized carbons (Fsp3) is 0.0714. The monoisotopic (exact) mass is 287 g/mol. The number of ether oxygens (including phenoxy) is 1. The Morgan fingerprint density at radius 2 is 1.95 bits per heavy atom. The fourth-order valence-electron chi connectivity index (χ4n) is 1.90. The Morgan fingerprint density at radius 3 is 2.65 bits per heavy atom. The number of nitrogens with zero attached hydrogens (tertiary/aromatic N) is 3. The lowest BCUT2D eigenvalue weighted by Gasteiger charge is -2.03. The van der Waals surface area contributed by atoms with Crippen LogP contribution in [0.5, 0.6) is 5.75 Å². The van der Waals surface area contributed by atoms with Gasteiger partial charge in [0.15, 0.2) is 5.65 Å². The van der Waals surface area contributed by atoms with Gasteiger partial charge in [0.1, 0.15) is 16.6 Å². The Bertz CT molecular complexity index is 781. The molecule has 0 spiro atoms. The van der Waals surface area contributed by atoms with Crippen LogP contribution in [0.25, 0.3) is 5.65 Å². The van der Waals surface area contributed by atoms with Gasteiger partial charge in [0.2, 0.25) is 5.78 Å². The summed E-state index contributed by atoms with van der Waals surface area (Å²) in [5, 5.41) is 4.39. The number of aromatic nitrogens is 3. The van der Waals surface area contributed by atoms with Gasteiger partial charge in [0.25, 0.3) is 0 Å². The summed E-state index contributed by atoms with van der Waals surface area (Å²) in [6.07, 6.45) is 1.49. The first-order chi connectivity index (χ1) is 9.69. The minimum atomic E-state index is -0.171. The maximum absolute atomic E-state index is 12.4. The van der Waals surface area contributed by atoms with Crippen molar-refractivity contribution >= 4 is 23.0 Å². The second kappa shape index (κ2) is 4.94. The van der Waals surface area contributed by atoms with Gasteiger partial charge in [-0.1, -0.05) is 11.6 Å². The molecule has 0 amide bonds. The van der Waals surface area contributed by atoms with Gasteiger partial charge < -0.3 is 4.74 Å². The van der Waals surface area contributed by atoms with Crippen LogP contribution in [0.1, 0.15) is 16.1 Å². The summed E-state index contributed by atoms with van der Waals surface area (Å²) in [7, 11) is 1.58. The zero-order valence-electron chi connectivity index (χ0n) is 10.6. The van der Waals surface area contributed by atoms with Crippen molar-refractivity contribution in [2.45, 2.75) is 0 Å². The molecule has 6 heteroatoms. The molecule has 100 valence electrons. The normalized spacial score (nSPS) is 10.7. The Kier molecular flexibility index (Phi) is 3.12. The summed E-state index contributed by atoms with van der Waals surface area (Å²) in [5.74, 6) is 0.524. The van der Waals surface area contributed by atoms with Gasteiger partial charge in [-0.15, -0.1) is 0 Å². The molecule has 0 unspecified atom stereocenters. The molecular formula is C14H10ClN3O2. The summed E-state index contributed by atoms with van der Waals surface area (Å²) in [5.41, 5.74) is 1.48. The van der Waals surface area contributed by atoms with E-state index in [0.717, 1.165) is 0 Å². The molecule has 3 aromatic rings. The molecule has 0 N–H and O–H groups in total. The molecule has 0 bridgehead atoms. The predicted molar refractivity (Wildman–Crippen MR) is 74.4 cm³/mol. The summed E-state index contributed by atoms with van der Waals surface area (Å²) < 4.78 is 6.51. The summed E-state index contributed by atoms with van der Waals surface area (Å²) >= 11 is 5.85. The SMILES string of the molecule is COc1ccc(C(=O)c2cnc3ccc(Cl)nn23)cc1. The van der Waals surface area contributed by atoms with E-state index >= 15 is 0 Å². The largest absolute Gasteiger partial charge is 0.497 e. The van der Waals surface area contributed by atoms with Crippen LogP contribution in [-0.4, -0.2) is 27.5 Å². The van der Waals surface area contributed by atoms with E-state index < -0.39 is 0 Å². The van der Waals surface area contributed by atoms with Crippen LogP contribution in [0.15, 0.2) is 42.6 Å². The first kappa shape index (κ1) is 12.6. The number of imidazole rings is 1. The van der Waals surface area contributed by atoms with Gasteiger partial charge in [-0.25, -0.2) is 9.50 Å². The smallest absolute Gasteiger partial charge is 0.213 e. The first-order valence-corrected chi connectivity index (χ1v) is 6.26. The number of rotatable bonds is 3. The number of hydrogen-bond donors (Lipinski definition) is 0. The summed E-state index contributed by atoms with van der Waals surface area (Å²) in [6.45, 7) is 0. The Hall–Kier alpha value is -2.40. The second-order valence-electron chi connectivity index (χ2n) is 4.13. The first-order valence-electron chi connectivity index (χ1n) is 5.88. The van der Waals surface area contributed by atoms with E-state index in [2.05, 4.69) is 10.1 Å². The number of hydrogen-bond acceptors (Lipinski definition) is 4. The second-order valence-corrected chi connectivity index (χ2v) is 4.51. The third kappa shape index (κ3) is 2.12. The number of fused-ring (bicyclic) bond motifs is 1. The molecule has 0 saturated heterocycles. The third-order valence-corrected chi connectivity index (χ3v) is 3.12. The molecule has 0 saturated carbocycles. The van der Waals surface area contributed by atoms with Crippen LogP contribution < -0.4 is 4.74 Å². The number of benzene rings is 1. The molecule has 0 radical (unpaired) electrons. The average Bonchev–Trinajstić information content (AvgIpc) is 2.89. The molecule has 20 heavy (non-hydrogen) atoms. The third-order valence-electron chi connectivity index (χ3n) is 2.91. The lowest BCUT2D eigenvalue weighted by molar-refractivity contribution is 0.103. The summed E-state index contributed by atoms with van der Waals surface area (Å²) in [6, 6.07) is 10.2. The van der Waals surface area contributed by atoms with Gasteiger partial charge in [-0.2, -0.15) is 5.10 Å². The molecule has 0 atom stereocenters. The average molecular weight is 288 g/mol. The van der Waals surface area contributed by atoms with E-state index in [-0.39, 0.29) is 5.78 Å². The molecular weight excluding hydrogens is 278 g/mol. The summed E-state index contributed by atoms with van der Waals surface area (Å²) in [4.78, 5) is 16.6. The highest BCUT2D eigenvalue weighted by Crippen LogP contribution is 2.16. The van der Waals surface area contributed by atoms with E-state index in [1.165, 1.54) is 10.7 Å². The van der Waals surface area contributed by atoms with E-state index in [4.69, 9.17) is 16.3 Å². The molecule has 1 aromatic carbocycles. The predicted octanol–water partition coefficient (Wildman–Crippen LogP) is 2.62. The van der Waals surface area contributed by atoms with Crippen LogP contribution in [0.4, 0.5) is 0 Å². The van der Waals surface area contributed by atoms with Crippen LogP contribution in [0.2, 0.25) is 5.15 Å². The molecule has 5 nitrogen and oxygen atoms in total. The minimum Gasteiger partial charge on any atom is -0.497 e. The molecule has 0 aliphatic heterocycles. The zero-order valence-corrected chi connectivity index (χ0v) is 11.3. The van der Waals surface area contributed by atoms with E-state index in [1.54, 1.807) is 43.5 Å². The highest BCUT2D eigenvalue weighted by Gasteiger charge is 2.15. The van der Waals surface area contributed by atoms with Crippen LogP contribution in [0.3, 0.4) is 0 Å². The molecule has 2 aromatic heterocycles. The van der Waals surface area contributed by atoms with E-state index in [1.807, 2.05) is 0 Å². The molecule has 2 heterocycles. The van der Waals surface area contributed by atoms with Crippen molar-refractivity contribution in [3.63, 3.8) is 0 Å². The zero-order chi connectivity index (χ0) is 14.1. The lowest BCUT2D eigenvalue weighted by atomic mass is 10.1. The highest BCUT2D eigenvalue weighted by atomic mass is 35.5. The van der Waals surface area contributed by atoms with Gasteiger partial charge >= 0.3 is 0 Å². The van der Waals surface area contributed by atoms with Gasteiger partial charge in [-0.3, -0.25) is 4.79 Å². The minimum absolute atomic E-state index is 0.171. The van der Waals surface area contributed by atoms with Crippen molar-refractivity contribution in [1.82, 2.24) is 14.6 Å². The van der Waals surface area contributed by atoms with Crippen molar-refractivity contribution in [3.05, 3.63) is 59.0 Å². The van der Waals surface area contributed by atoms with Crippen LogP contribution in [-0.2, 0) is 0 Å². The van der Waals surface area contributed by atoms with Gasteiger partial charge in [-0.05, 0) is 36.4 Å². The van der Waals surface area contributed by atoms with Crippen molar-refractivity contribution < 1.29 is 9.53 Å². The number of carbonyl (C=O) groups excluding carboxylic acids is 1. The fourth-order valence-corrected chi connectivity index (χ4v) is 2.03. The standard InChI is InChI=1S/C14H10ClN3O2/c1-20-10-4-2-9(3-5-10)14(19)11-8-16-13-7-6-12(15)17-18(11)13/h2-8H,1H3.